The molecule has 152 valence electrons. The number of nitrogens with zero attached hydrogens (tertiary/aromatic N) is 4. The summed E-state index contributed by atoms with van der Waals surface area (Å²) in [5.41, 5.74) is 4.01. The molecule has 6 rings (SSSR count). The SMILES string of the molecule is Cc1cn2cc(-c3cc4ccc(N5CC6NCCC[C@@H]6C5)cc4oc3=O)nc2cn1. The number of imidazole rings is 1. The molecule has 2 saturated heterocycles. The average Bonchev–Trinajstić information content (AvgIpc) is 3.36. The molecule has 0 amide bonds. The second-order valence-electron chi connectivity index (χ2n) is 8.46. The fourth-order valence-electron chi connectivity index (χ4n) is 4.86. The molecular weight excluding hydrogens is 378 g/mol. The molecule has 30 heavy (non-hydrogen) atoms. The topological polar surface area (TPSA) is 75.7 Å². The summed E-state index contributed by atoms with van der Waals surface area (Å²) in [5.74, 6) is 0.706. The summed E-state index contributed by atoms with van der Waals surface area (Å²) >= 11 is 0. The van der Waals surface area contributed by atoms with Gasteiger partial charge in [0.15, 0.2) is 5.65 Å². The van der Waals surface area contributed by atoms with Gasteiger partial charge >= 0.3 is 5.63 Å². The molecule has 0 saturated carbocycles. The van der Waals surface area contributed by atoms with Gasteiger partial charge in [0.2, 0.25) is 0 Å². The van der Waals surface area contributed by atoms with Gasteiger partial charge in [-0.05, 0) is 50.4 Å². The Bertz CT molecular complexity index is 1310. The third-order valence-corrected chi connectivity index (χ3v) is 6.43. The van der Waals surface area contributed by atoms with Gasteiger partial charge in [-0.15, -0.1) is 0 Å². The number of aromatic nitrogens is 3. The maximum atomic E-state index is 12.8. The van der Waals surface area contributed by atoms with Crippen LogP contribution in [0.1, 0.15) is 18.5 Å². The molecule has 7 heteroatoms. The first-order valence-electron chi connectivity index (χ1n) is 10.5. The molecule has 1 unspecified atom stereocenters. The van der Waals surface area contributed by atoms with Gasteiger partial charge in [0.1, 0.15) is 5.58 Å². The van der Waals surface area contributed by atoms with Crippen LogP contribution in [-0.2, 0) is 0 Å². The van der Waals surface area contributed by atoms with Crippen molar-refractivity contribution in [1.82, 2.24) is 19.7 Å². The molecule has 4 aromatic rings. The highest BCUT2D eigenvalue weighted by Crippen LogP contribution is 2.31. The van der Waals surface area contributed by atoms with Crippen molar-refractivity contribution in [3.05, 3.63) is 59.0 Å². The van der Waals surface area contributed by atoms with Gasteiger partial charge < -0.3 is 19.0 Å². The van der Waals surface area contributed by atoms with Crippen LogP contribution in [0.5, 0.6) is 0 Å². The lowest BCUT2D eigenvalue weighted by Crippen LogP contribution is -2.40. The molecule has 1 N–H and O–H groups in total. The Hall–Kier alpha value is -3.19. The molecule has 5 heterocycles. The number of anilines is 1. The van der Waals surface area contributed by atoms with E-state index in [-0.39, 0.29) is 5.63 Å². The van der Waals surface area contributed by atoms with Crippen molar-refractivity contribution in [2.75, 3.05) is 24.5 Å². The van der Waals surface area contributed by atoms with E-state index in [1.54, 1.807) is 6.20 Å². The molecule has 3 aromatic heterocycles. The molecule has 2 atom stereocenters. The van der Waals surface area contributed by atoms with E-state index < -0.39 is 0 Å². The highest BCUT2D eigenvalue weighted by Gasteiger charge is 2.34. The van der Waals surface area contributed by atoms with Crippen molar-refractivity contribution in [1.29, 1.82) is 0 Å². The van der Waals surface area contributed by atoms with Crippen LogP contribution in [0, 0.1) is 12.8 Å². The van der Waals surface area contributed by atoms with Crippen LogP contribution in [-0.4, -0.2) is 40.0 Å². The van der Waals surface area contributed by atoms with E-state index in [9.17, 15) is 4.79 Å². The van der Waals surface area contributed by atoms with Gasteiger partial charge in [-0.1, -0.05) is 0 Å². The van der Waals surface area contributed by atoms with Crippen LogP contribution >= 0.6 is 0 Å². The molecule has 7 nitrogen and oxygen atoms in total. The molecule has 0 bridgehead atoms. The quantitative estimate of drug-likeness (QED) is 0.521. The van der Waals surface area contributed by atoms with Crippen molar-refractivity contribution >= 4 is 22.3 Å². The number of aryl methyl sites for hydroxylation is 1. The highest BCUT2D eigenvalue weighted by molar-refractivity contribution is 5.84. The summed E-state index contributed by atoms with van der Waals surface area (Å²) in [6, 6.07) is 8.60. The molecule has 0 spiro atoms. The first-order valence-corrected chi connectivity index (χ1v) is 10.5. The predicted molar refractivity (Wildman–Crippen MR) is 116 cm³/mol. The van der Waals surface area contributed by atoms with Gasteiger partial charge in [-0.2, -0.15) is 0 Å². The van der Waals surface area contributed by atoms with Gasteiger partial charge in [-0.3, -0.25) is 4.98 Å². The van der Waals surface area contributed by atoms with E-state index >= 15 is 0 Å². The van der Waals surface area contributed by atoms with Gasteiger partial charge in [0.25, 0.3) is 0 Å². The number of rotatable bonds is 2. The van der Waals surface area contributed by atoms with Gasteiger partial charge in [0, 0.05) is 48.7 Å². The lowest BCUT2D eigenvalue weighted by molar-refractivity contribution is 0.340. The zero-order valence-corrected chi connectivity index (χ0v) is 16.8. The Kier molecular flexibility index (Phi) is 3.92. The Morgan fingerprint density at radius 3 is 3.03 bits per heavy atom. The van der Waals surface area contributed by atoms with Crippen LogP contribution in [0.25, 0.3) is 27.9 Å². The first kappa shape index (κ1) is 17.7. The Morgan fingerprint density at radius 2 is 2.13 bits per heavy atom. The van der Waals surface area contributed by atoms with Crippen molar-refractivity contribution < 1.29 is 4.42 Å². The van der Waals surface area contributed by atoms with Crippen LogP contribution in [0.4, 0.5) is 5.69 Å². The fraction of sp³-hybridized carbons (Fsp3) is 0.348. The average molecular weight is 401 g/mol. The molecule has 2 fully saturated rings. The smallest absolute Gasteiger partial charge is 0.345 e. The van der Waals surface area contributed by atoms with Crippen LogP contribution in [0.2, 0.25) is 0 Å². The van der Waals surface area contributed by atoms with Crippen molar-refractivity contribution in [3.63, 3.8) is 0 Å². The second kappa shape index (κ2) is 6.67. The van der Waals surface area contributed by atoms with Gasteiger partial charge in [-0.25, -0.2) is 9.78 Å². The summed E-state index contributed by atoms with van der Waals surface area (Å²) in [6.07, 6.45) is 7.98. The number of hydrogen-bond donors (Lipinski definition) is 1. The normalized spacial score (nSPS) is 21.4. The standard InChI is InChI=1S/C23H23N5O2/c1-14-10-28-13-20(26-22(28)9-25-14)18-7-15-4-5-17(8-21(15)30-23(18)29)27-11-16-3-2-6-24-19(16)12-27/h4-5,7-10,13,16,19,24H,2-3,6,11-12H2,1H3/t16-,19?/m1/s1. The maximum absolute atomic E-state index is 12.8. The monoisotopic (exact) mass is 401 g/mol. The third-order valence-electron chi connectivity index (χ3n) is 6.43. The zero-order chi connectivity index (χ0) is 20.2. The number of hydrogen-bond acceptors (Lipinski definition) is 6. The summed E-state index contributed by atoms with van der Waals surface area (Å²) in [5, 5.41) is 4.54. The van der Waals surface area contributed by atoms with E-state index in [1.807, 2.05) is 41.9 Å². The van der Waals surface area contributed by atoms with Gasteiger partial charge in [0.05, 0.1) is 23.1 Å². The molecule has 2 aliphatic rings. The van der Waals surface area contributed by atoms with Crippen LogP contribution in [0.15, 0.2) is 52.1 Å². The Labute approximate surface area is 173 Å². The first-order chi connectivity index (χ1) is 14.6. The minimum atomic E-state index is -0.371. The van der Waals surface area contributed by atoms with Crippen molar-refractivity contribution in [3.8, 4) is 11.3 Å². The second-order valence-corrected chi connectivity index (χ2v) is 8.46. The molecule has 0 aliphatic carbocycles. The summed E-state index contributed by atoms with van der Waals surface area (Å²) < 4.78 is 7.60. The van der Waals surface area contributed by atoms with Crippen molar-refractivity contribution in [2.24, 2.45) is 5.92 Å². The van der Waals surface area contributed by atoms with E-state index in [0.717, 1.165) is 36.4 Å². The number of fused-ring (bicyclic) bond motifs is 3. The van der Waals surface area contributed by atoms with Crippen LogP contribution in [0.3, 0.4) is 0 Å². The molecule has 0 radical (unpaired) electrons. The highest BCUT2D eigenvalue weighted by atomic mass is 16.4. The number of nitrogens with one attached hydrogen (secondary N) is 1. The Balaban J connectivity index is 1.36. The lowest BCUT2D eigenvalue weighted by atomic mass is 9.94. The molecular formula is C23H23N5O2. The van der Waals surface area contributed by atoms with E-state index in [0.29, 0.717) is 34.4 Å². The number of benzene rings is 1. The lowest BCUT2D eigenvalue weighted by Gasteiger charge is -2.24. The summed E-state index contributed by atoms with van der Waals surface area (Å²) in [6.45, 7) is 5.10. The minimum Gasteiger partial charge on any atom is -0.422 e. The fourth-order valence-corrected chi connectivity index (χ4v) is 4.86. The van der Waals surface area contributed by atoms with E-state index in [1.165, 1.54) is 12.8 Å². The van der Waals surface area contributed by atoms with Crippen molar-refractivity contribution in [2.45, 2.75) is 25.8 Å². The van der Waals surface area contributed by atoms with E-state index in [2.05, 4.69) is 26.3 Å². The Morgan fingerprint density at radius 1 is 1.20 bits per heavy atom. The molecule has 2 aliphatic heterocycles. The zero-order valence-electron chi connectivity index (χ0n) is 16.8. The predicted octanol–water partition coefficient (Wildman–Crippen LogP) is 3.00. The largest absolute Gasteiger partial charge is 0.422 e. The number of piperidine rings is 1. The summed E-state index contributed by atoms with van der Waals surface area (Å²) in [4.78, 5) is 24.0. The molecule has 1 aromatic carbocycles. The minimum absolute atomic E-state index is 0.371. The summed E-state index contributed by atoms with van der Waals surface area (Å²) in [7, 11) is 0. The van der Waals surface area contributed by atoms with E-state index in [4.69, 9.17) is 4.42 Å². The maximum Gasteiger partial charge on any atom is 0.345 e. The third kappa shape index (κ3) is 2.89. The van der Waals surface area contributed by atoms with Crippen LogP contribution < -0.4 is 15.8 Å².